The van der Waals surface area contributed by atoms with E-state index < -0.39 is 6.36 Å². The summed E-state index contributed by atoms with van der Waals surface area (Å²) in [5, 5.41) is 4.83. The molecule has 0 bridgehead atoms. The molecule has 2 N–H and O–H groups in total. The largest absolute Gasteiger partial charge is 0.573 e. The summed E-state index contributed by atoms with van der Waals surface area (Å²) in [4.78, 5) is 21.0. The molecule has 0 unspecified atom stereocenters. The quantitative estimate of drug-likeness (QED) is 0.580. The second-order valence-electron chi connectivity index (χ2n) is 7.11. The van der Waals surface area contributed by atoms with Gasteiger partial charge in [0.25, 0.3) is 5.91 Å². The summed E-state index contributed by atoms with van der Waals surface area (Å²) in [6, 6.07) is 14.0. The Morgan fingerprint density at radius 2 is 1.79 bits per heavy atom. The molecule has 1 aliphatic rings. The van der Waals surface area contributed by atoms with Crippen molar-refractivity contribution in [3.05, 3.63) is 66.5 Å². The lowest BCUT2D eigenvalue weighted by Gasteiger charge is -2.26. The first-order valence-corrected chi connectivity index (χ1v) is 10.0. The Morgan fingerprint density at radius 1 is 1.03 bits per heavy atom. The monoisotopic (exact) mass is 459 g/mol. The van der Waals surface area contributed by atoms with E-state index in [1.54, 1.807) is 24.3 Å². The van der Waals surface area contributed by atoms with E-state index in [1.165, 1.54) is 30.6 Å². The average Bonchev–Trinajstić information content (AvgIpc) is 2.80. The van der Waals surface area contributed by atoms with Crippen LogP contribution < -0.4 is 15.5 Å². The molecule has 4 rings (SSSR count). The van der Waals surface area contributed by atoms with Gasteiger partial charge in [0, 0.05) is 36.0 Å². The molecule has 1 saturated heterocycles. The minimum atomic E-state index is -4.75. The first kappa shape index (κ1) is 22.5. The third-order valence-corrected chi connectivity index (χ3v) is 4.72. The number of hydrogen-bond acceptors (Lipinski definition) is 7. The van der Waals surface area contributed by atoms with Crippen LogP contribution in [0.5, 0.6) is 5.75 Å². The molecule has 1 aliphatic heterocycles. The van der Waals surface area contributed by atoms with Gasteiger partial charge in [-0.1, -0.05) is 12.1 Å². The van der Waals surface area contributed by atoms with Crippen LogP contribution in [0.3, 0.4) is 0 Å². The summed E-state index contributed by atoms with van der Waals surface area (Å²) in [5.41, 5.74) is 5.15. The molecule has 1 aromatic heterocycles. The van der Waals surface area contributed by atoms with Crippen molar-refractivity contribution in [2.24, 2.45) is 0 Å². The number of carbonyl (C=O) groups excluding carboxylic acids is 1. The van der Waals surface area contributed by atoms with Crippen LogP contribution in [0, 0.1) is 0 Å². The normalized spacial score (nSPS) is 14.5. The van der Waals surface area contributed by atoms with Crippen LogP contribution in [0.25, 0.3) is 11.3 Å². The number of ether oxygens (including phenoxy) is 2. The number of alkyl halides is 3. The standard InChI is InChI=1S/C22H20F3N5O3/c23-22(24,25)33-18-6-4-17(5-7-18)28-20-13-19(26-14-27-20)15-2-1-3-16(12-15)21(31)29-30-8-10-32-11-9-30/h1-7,12-14H,8-11H2,(H,29,31)(H,26,27,28). The number of amides is 1. The number of nitrogens with one attached hydrogen (secondary N) is 2. The van der Waals surface area contributed by atoms with Crippen LogP contribution in [0.15, 0.2) is 60.9 Å². The van der Waals surface area contributed by atoms with E-state index in [2.05, 4.69) is 25.4 Å². The van der Waals surface area contributed by atoms with Gasteiger partial charge in [0.15, 0.2) is 0 Å². The number of morpholine rings is 1. The van der Waals surface area contributed by atoms with Gasteiger partial charge in [-0.2, -0.15) is 0 Å². The van der Waals surface area contributed by atoms with E-state index in [9.17, 15) is 18.0 Å². The van der Waals surface area contributed by atoms with Gasteiger partial charge in [-0.05, 0) is 36.4 Å². The number of rotatable bonds is 6. The van der Waals surface area contributed by atoms with Crippen LogP contribution in [-0.2, 0) is 4.74 Å². The summed E-state index contributed by atoms with van der Waals surface area (Å²) >= 11 is 0. The number of anilines is 2. The zero-order chi connectivity index (χ0) is 23.3. The molecule has 3 aromatic rings. The molecule has 172 valence electrons. The van der Waals surface area contributed by atoms with Crippen molar-refractivity contribution in [2.45, 2.75) is 6.36 Å². The van der Waals surface area contributed by atoms with Crippen molar-refractivity contribution in [3.8, 4) is 17.0 Å². The molecule has 2 heterocycles. The Kier molecular flexibility index (Phi) is 6.71. The number of benzene rings is 2. The Hall–Kier alpha value is -3.70. The highest BCUT2D eigenvalue weighted by Crippen LogP contribution is 2.26. The van der Waals surface area contributed by atoms with Crippen molar-refractivity contribution in [1.29, 1.82) is 0 Å². The van der Waals surface area contributed by atoms with Crippen LogP contribution in [-0.4, -0.2) is 53.5 Å². The maximum Gasteiger partial charge on any atom is 0.573 e. The summed E-state index contributed by atoms with van der Waals surface area (Å²) in [6.07, 6.45) is -3.39. The molecule has 8 nitrogen and oxygen atoms in total. The highest BCUT2D eigenvalue weighted by molar-refractivity contribution is 5.95. The maximum absolute atomic E-state index is 12.6. The van der Waals surface area contributed by atoms with Crippen LogP contribution in [0.1, 0.15) is 10.4 Å². The first-order chi connectivity index (χ1) is 15.9. The Bertz CT molecular complexity index is 1100. The maximum atomic E-state index is 12.6. The molecular weight excluding hydrogens is 439 g/mol. The van der Waals surface area contributed by atoms with E-state index in [1.807, 2.05) is 11.1 Å². The van der Waals surface area contributed by atoms with E-state index in [0.29, 0.717) is 54.6 Å². The van der Waals surface area contributed by atoms with Gasteiger partial charge in [-0.15, -0.1) is 13.2 Å². The molecule has 0 saturated carbocycles. The topological polar surface area (TPSA) is 88.6 Å². The SMILES string of the molecule is O=C(NN1CCOCC1)c1cccc(-c2cc(Nc3ccc(OC(F)(F)F)cc3)ncn2)c1. The number of hydrazine groups is 1. The van der Waals surface area contributed by atoms with Crippen LogP contribution in [0.2, 0.25) is 0 Å². The van der Waals surface area contributed by atoms with Crippen molar-refractivity contribution in [2.75, 3.05) is 31.6 Å². The molecular formula is C22H20F3N5O3. The molecule has 0 radical (unpaired) electrons. The second-order valence-corrected chi connectivity index (χ2v) is 7.11. The van der Waals surface area contributed by atoms with E-state index in [4.69, 9.17) is 4.74 Å². The Labute approximate surface area is 187 Å². The van der Waals surface area contributed by atoms with Gasteiger partial charge in [-0.25, -0.2) is 15.0 Å². The predicted molar refractivity (Wildman–Crippen MR) is 114 cm³/mol. The molecule has 0 spiro atoms. The van der Waals surface area contributed by atoms with E-state index >= 15 is 0 Å². The van der Waals surface area contributed by atoms with Gasteiger partial charge in [0.1, 0.15) is 17.9 Å². The van der Waals surface area contributed by atoms with Crippen LogP contribution >= 0.6 is 0 Å². The Morgan fingerprint density at radius 3 is 2.52 bits per heavy atom. The molecule has 2 aromatic carbocycles. The summed E-state index contributed by atoms with van der Waals surface area (Å²) in [7, 11) is 0. The Balaban J connectivity index is 1.45. The fourth-order valence-electron chi connectivity index (χ4n) is 3.17. The molecule has 0 atom stereocenters. The number of halogens is 3. The van der Waals surface area contributed by atoms with Crippen molar-refractivity contribution < 1.29 is 27.4 Å². The molecule has 11 heteroatoms. The minimum absolute atomic E-state index is 0.229. The lowest BCUT2D eigenvalue weighted by atomic mass is 10.1. The van der Waals surface area contributed by atoms with Gasteiger partial charge < -0.3 is 14.8 Å². The molecule has 1 amide bonds. The highest BCUT2D eigenvalue weighted by Gasteiger charge is 2.30. The molecule has 33 heavy (non-hydrogen) atoms. The third kappa shape index (κ3) is 6.40. The van der Waals surface area contributed by atoms with E-state index in [-0.39, 0.29) is 11.7 Å². The predicted octanol–water partition coefficient (Wildman–Crippen LogP) is 3.76. The van der Waals surface area contributed by atoms with Crippen molar-refractivity contribution in [1.82, 2.24) is 20.4 Å². The van der Waals surface area contributed by atoms with Gasteiger partial charge in [-0.3, -0.25) is 10.2 Å². The van der Waals surface area contributed by atoms with Gasteiger partial charge in [0.2, 0.25) is 0 Å². The zero-order valence-electron chi connectivity index (χ0n) is 17.3. The zero-order valence-corrected chi connectivity index (χ0v) is 17.3. The average molecular weight is 459 g/mol. The number of aromatic nitrogens is 2. The number of hydrogen-bond donors (Lipinski definition) is 2. The summed E-state index contributed by atoms with van der Waals surface area (Å²) < 4.78 is 46.1. The lowest BCUT2D eigenvalue weighted by molar-refractivity contribution is -0.274. The lowest BCUT2D eigenvalue weighted by Crippen LogP contribution is -2.48. The van der Waals surface area contributed by atoms with Gasteiger partial charge in [0.05, 0.1) is 18.9 Å². The number of nitrogens with zero attached hydrogens (tertiary/aromatic N) is 3. The molecule has 0 aliphatic carbocycles. The third-order valence-electron chi connectivity index (χ3n) is 4.72. The summed E-state index contributed by atoms with van der Waals surface area (Å²) in [5.74, 6) is -0.108. The molecule has 1 fully saturated rings. The van der Waals surface area contributed by atoms with Crippen molar-refractivity contribution in [3.63, 3.8) is 0 Å². The van der Waals surface area contributed by atoms with Crippen LogP contribution in [0.4, 0.5) is 24.7 Å². The van der Waals surface area contributed by atoms with Gasteiger partial charge >= 0.3 is 6.36 Å². The van der Waals surface area contributed by atoms with E-state index in [0.717, 1.165) is 0 Å². The minimum Gasteiger partial charge on any atom is -0.406 e. The van der Waals surface area contributed by atoms with Crippen molar-refractivity contribution >= 4 is 17.4 Å². The second kappa shape index (κ2) is 9.84. The first-order valence-electron chi connectivity index (χ1n) is 10.0. The fourth-order valence-corrected chi connectivity index (χ4v) is 3.17. The highest BCUT2D eigenvalue weighted by atomic mass is 19.4. The smallest absolute Gasteiger partial charge is 0.406 e. The number of carbonyl (C=O) groups is 1. The summed E-state index contributed by atoms with van der Waals surface area (Å²) in [6.45, 7) is 2.37. The fraction of sp³-hybridized carbons (Fsp3) is 0.227.